The number of ether oxygens (including phenoxy) is 2. The second-order valence-electron chi connectivity index (χ2n) is 4.49. The van der Waals surface area contributed by atoms with Crippen molar-refractivity contribution in [3.8, 4) is 11.5 Å². The van der Waals surface area contributed by atoms with Gasteiger partial charge in [-0.3, -0.25) is 0 Å². The summed E-state index contributed by atoms with van der Waals surface area (Å²) < 4.78 is 12.0. The van der Waals surface area contributed by atoms with Crippen molar-refractivity contribution in [3.05, 3.63) is 64.1 Å². The van der Waals surface area contributed by atoms with Crippen LogP contribution in [0.4, 0.5) is 0 Å². The third kappa shape index (κ3) is 4.63. The van der Waals surface area contributed by atoms with Gasteiger partial charge in [-0.25, -0.2) is 4.79 Å². The number of carbonyl (C=O) groups is 1. The van der Waals surface area contributed by atoms with E-state index in [0.717, 1.165) is 27.4 Å². The average Bonchev–Trinajstić information content (AvgIpc) is 2.52. The summed E-state index contributed by atoms with van der Waals surface area (Å²) in [5.74, 6) is 0.463. The summed E-state index contributed by atoms with van der Waals surface area (Å²) in [7, 11) is 1.59. The Kier molecular flexibility index (Phi) is 5.61. The molecule has 5 heteroatoms. The molecule has 114 valence electrons. The summed E-state index contributed by atoms with van der Waals surface area (Å²) in [5, 5.41) is 8.68. The first-order valence-corrected chi connectivity index (χ1v) is 7.34. The van der Waals surface area contributed by atoms with Gasteiger partial charge >= 0.3 is 5.97 Å². The highest BCUT2D eigenvalue weighted by Gasteiger charge is 2.05. The molecule has 2 aromatic rings. The number of halogens is 1. The summed E-state index contributed by atoms with van der Waals surface area (Å²) >= 11 is 3.37. The molecule has 0 fully saturated rings. The van der Waals surface area contributed by atoms with E-state index in [-0.39, 0.29) is 0 Å². The van der Waals surface area contributed by atoms with E-state index in [9.17, 15) is 4.79 Å². The molecule has 0 heterocycles. The number of carboxylic acids is 1. The Labute approximate surface area is 137 Å². The molecule has 0 spiro atoms. The zero-order valence-corrected chi connectivity index (χ0v) is 13.5. The topological polar surface area (TPSA) is 55.8 Å². The largest absolute Gasteiger partial charge is 0.496 e. The third-order valence-corrected chi connectivity index (χ3v) is 3.46. The number of aliphatic carboxylic acids is 1. The molecular formula is C17H15BrO4. The Morgan fingerprint density at radius 2 is 1.95 bits per heavy atom. The van der Waals surface area contributed by atoms with Crippen LogP contribution in [0.3, 0.4) is 0 Å². The summed E-state index contributed by atoms with van der Waals surface area (Å²) in [5.41, 5.74) is 1.62. The minimum absolute atomic E-state index is 0.333. The molecule has 4 nitrogen and oxygen atoms in total. The predicted molar refractivity (Wildman–Crippen MR) is 88.1 cm³/mol. The van der Waals surface area contributed by atoms with Crippen LogP contribution in [-0.2, 0) is 11.4 Å². The van der Waals surface area contributed by atoms with Gasteiger partial charge in [-0.15, -0.1) is 0 Å². The molecule has 0 saturated carbocycles. The van der Waals surface area contributed by atoms with E-state index in [1.165, 1.54) is 6.08 Å². The molecule has 1 N–H and O–H groups in total. The molecule has 0 aliphatic heterocycles. The highest BCUT2D eigenvalue weighted by Crippen LogP contribution is 2.23. The predicted octanol–water partition coefficient (Wildman–Crippen LogP) is 4.13. The van der Waals surface area contributed by atoms with Crippen LogP contribution in [0.25, 0.3) is 6.08 Å². The van der Waals surface area contributed by atoms with Crippen molar-refractivity contribution in [2.24, 2.45) is 0 Å². The summed E-state index contributed by atoms with van der Waals surface area (Å²) in [4.78, 5) is 10.6. The molecule has 0 saturated heterocycles. The number of hydrogen-bond donors (Lipinski definition) is 1. The van der Waals surface area contributed by atoms with Gasteiger partial charge < -0.3 is 14.6 Å². The highest BCUT2D eigenvalue weighted by molar-refractivity contribution is 9.10. The number of methoxy groups -OCH3 is 1. The summed E-state index contributed by atoms with van der Waals surface area (Å²) in [6.45, 7) is 0.333. The van der Waals surface area contributed by atoms with E-state index in [0.29, 0.717) is 12.4 Å². The van der Waals surface area contributed by atoms with E-state index in [2.05, 4.69) is 15.9 Å². The second-order valence-corrected chi connectivity index (χ2v) is 5.40. The first-order chi connectivity index (χ1) is 10.6. The van der Waals surface area contributed by atoms with Crippen molar-refractivity contribution >= 4 is 28.0 Å². The summed E-state index contributed by atoms with van der Waals surface area (Å²) in [6, 6.07) is 13.0. The van der Waals surface area contributed by atoms with Crippen molar-refractivity contribution < 1.29 is 19.4 Å². The molecule has 22 heavy (non-hydrogen) atoms. The maximum absolute atomic E-state index is 10.6. The monoisotopic (exact) mass is 362 g/mol. The Balaban J connectivity index is 2.15. The van der Waals surface area contributed by atoms with Crippen molar-refractivity contribution in [2.45, 2.75) is 6.61 Å². The van der Waals surface area contributed by atoms with E-state index >= 15 is 0 Å². The van der Waals surface area contributed by atoms with Crippen LogP contribution in [0.1, 0.15) is 11.1 Å². The van der Waals surface area contributed by atoms with Gasteiger partial charge in [0.15, 0.2) is 0 Å². The zero-order valence-electron chi connectivity index (χ0n) is 12.0. The third-order valence-electron chi connectivity index (χ3n) is 2.93. The molecule has 0 aliphatic carbocycles. The Bertz CT molecular complexity index is 678. The SMILES string of the molecule is COc1ccc(/C=C/C(=O)O)cc1COc1ccc(Br)cc1. The Hall–Kier alpha value is -2.27. The number of carboxylic acid groups (broad SMARTS) is 1. The fourth-order valence-electron chi connectivity index (χ4n) is 1.87. The van der Waals surface area contributed by atoms with E-state index in [1.807, 2.05) is 30.3 Å². The number of hydrogen-bond acceptors (Lipinski definition) is 3. The smallest absolute Gasteiger partial charge is 0.328 e. The van der Waals surface area contributed by atoms with Crippen molar-refractivity contribution in [2.75, 3.05) is 7.11 Å². The lowest BCUT2D eigenvalue weighted by molar-refractivity contribution is -0.131. The zero-order chi connectivity index (χ0) is 15.9. The summed E-state index contributed by atoms with van der Waals surface area (Å²) in [6.07, 6.45) is 2.63. The first-order valence-electron chi connectivity index (χ1n) is 6.55. The lowest BCUT2D eigenvalue weighted by Crippen LogP contribution is -1.99. The maximum atomic E-state index is 10.6. The van der Waals surface area contributed by atoms with Crippen molar-refractivity contribution in [1.29, 1.82) is 0 Å². The second kappa shape index (κ2) is 7.66. The Morgan fingerprint density at radius 3 is 2.59 bits per heavy atom. The van der Waals surface area contributed by atoms with Crippen molar-refractivity contribution in [1.82, 2.24) is 0 Å². The van der Waals surface area contributed by atoms with Gasteiger partial charge in [-0.2, -0.15) is 0 Å². The maximum Gasteiger partial charge on any atom is 0.328 e. The van der Waals surface area contributed by atoms with Gasteiger partial charge in [-0.1, -0.05) is 22.0 Å². The van der Waals surface area contributed by atoms with Crippen LogP contribution in [0.2, 0.25) is 0 Å². The van der Waals surface area contributed by atoms with Crippen LogP contribution >= 0.6 is 15.9 Å². The molecular weight excluding hydrogens is 348 g/mol. The van der Waals surface area contributed by atoms with Gasteiger partial charge in [0.1, 0.15) is 18.1 Å². The molecule has 0 aliphatic rings. The van der Waals surface area contributed by atoms with Gasteiger partial charge in [0.25, 0.3) is 0 Å². The van der Waals surface area contributed by atoms with Crippen LogP contribution < -0.4 is 9.47 Å². The molecule has 0 atom stereocenters. The lowest BCUT2D eigenvalue weighted by Gasteiger charge is -2.11. The normalized spacial score (nSPS) is 10.6. The quantitative estimate of drug-likeness (QED) is 0.784. The number of rotatable bonds is 6. The van der Waals surface area contributed by atoms with Crippen LogP contribution in [0.5, 0.6) is 11.5 Å². The van der Waals surface area contributed by atoms with Crippen molar-refractivity contribution in [3.63, 3.8) is 0 Å². The molecule has 2 aromatic carbocycles. The lowest BCUT2D eigenvalue weighted by atomic mass is 10.1. The van der Waals surface area contributed by atoms with Gasteiger partial charge in [-0.05, 0) is 48.0 Å². The van der Waals surface area contributed by atoms with E-state index in [1.54, 1.807) is 19.2 Å². The van der Waals surface area contributed by atoms with Gasteiger partial charge in [0, 0.05) is 16.1 Å². The number of benzene rings is 2. The molecule has 0 unspecified atom stereocenters. The molecule has 0 aromatic heterocycles. The molecule has 0 amide bonds. The van der Waals surface area contributed by atoms with E-state index in [4.69, 9.17) is 14.6 Å². The van der Waals surface area contributed by atoms with E-state index < -0.39 is 5.97 Å². The van der Waals surface area contributed by atoms with Crippen LogP contribution in [-0.4, -0.2) is 18.2 Å². The minimum Gasteiger partial charge on any atom is -0.496 e. The first kappa shape index (κ1) is 16.1. The van der Waals surface area contributed by atoms with Crippen LogP contribution in [0, 0.1) is 0 Å². The van der Waals surface area contributed by atoms with Gasteiger partial charge in [0.2, 0.25) is 0 Å². The van der Waals surface area contributed by atoms with Gasteiger partial charge in [0.05, 0.1) is 7.11 Å². The molecule has 0 radical (unpaired) electrons. The molecule has 0 bridgehead atoms. The minimum atomic E-state index is -0.983. The Morgan fingerprint density at radius 1 is 1.23 bits per heavy atom. The molecule has 2 rings (SSSR count). The fourth-order valence-corrected chi connectivity index (χ4v) is 2.14. The highest BCUT2D eigenvalue weighted by atomic mass is 79.9. The standard InChI is InChI=1S/C17H15BrO4/c1-21-16-8-2-12(3-9-17(19)20)10-13(16)11-22-15-6-4-14(18)5-7-15/h2-10H,11H2,1H3,(H,19,20)/b9-3+. The fraction of sp³-hybridized carbons (Fsp3) is 0.118. The van der Waals surface area contributed by atoms with Crippen LogP contribution in [0.15, 0.2) is 53.0 Å². The average molecular weight is 363 g/mol.